The third-order valence-electron chi connectivity index (χ3n) is 3.59. The van der Waals surface area contributed by atoms with Gasteiger partial charge in [0.15, 0.2) is 6.61 Å². The van der Waals surface area contributed by atoms with Gasteiger partial charge in [0.2, 0.25) is 0 Å². The summed E-state index contributed by atoms with van der Waals surface area (Å²) in [7, 11) is 1.69. The van der Waals surface area contributed by atoms with Crippen LogP contribution in [0.4, 0.5) is 4.39 Å². The summed E-state index contributed by atoms with van der Waals surface area (Å²) >= 11 is 0. The van der Waals surface area contributed by atoms with Gasteiger partial charge in [0.05, 0.1) is 19.3 Å². The van der Waals surface area contributed by atoms with Crippen LogP contribution in [-0.4, -0.2) is 79.3 Å². The minimum absolute atomic E-state index is 0.0819. The molecule has 1 N–H and O–H groups in total. The average molecular weight is 340 g/mol. The highest BCUT2D eigenvalue weighted by Crippen LogP contribution is 2.12. The monoisotopic (exact) mass is 340 g/mol. The van der Waals surface area contributed by atoms with Crippen molar-refractivity contribution in [1.82, 2.24) is 9.80 Å². The summed E-state index contributed by atoms with van der Waals surface area (Å²) in [5.74, 6) is -1.03. The first-order chi connectivity index (χ1) is 11.4. The Labute approximate surface area is 139 Å². The lowest BCUT2D eigenvalue weighted by Gasteiger charge is -2.34. The number of carbonyl (C=O) groups excluding carboxylic acids is 1. The third-order valence-corrected chi connectivity index (χ3v) is 3.59. The van der Waals surface area contributed by atoms with Gasteiger partial charge in [-0.15, -0.1) is 0 Å². The van der Waals surface area contributed by atoms with E-state index in [-0.39, 0.29) is 31.0 Å². The number of halogens is 1. The number of likely N-dealkylation sites (N-methyl/N-ethyl adjacent to an activating group) is 1. The summed E-state index contributed by atoms with van der Waals surface area (Å²) in [5, 5.41) is 8.76. The molecule has 7 nitrogen and oxygen atoms in total. The molecule has 1 aromatic rings. The van der Waals surface area contributed by atoms with Crippen LogP contribution in [0.1, 0.15) is 0 Å². The molecule has 132 valence electrons. The highest BCUT2D eigenvalue weighted by molar-refractivity contribution is 5.77. The molecule has 1 saturated heterocycles. The van der Waals surface area contributed by atoms with Crippen LogP contribution in [0.15, 0.2) is 24.3 Å². The molecule has 0 bridgehead atoms. The summed E-state index contributed by atoms with van der Waals surface area (Å²) in [6.45, 7) is 1.45. The maximum absolute atomic E-state index is 12.8. The van der Waals surface area contributed by atoms with Gasteiger partial charge in [0, 0.05) is 19.6 Å². The second kappa shape index (κ2) is 8.60. The van der Waals surface area contributed by atoms with E-state index in [1.54, 1.807) is 16.8 Å². The number of hydrogen-bond donors (Lipinski definition) is 1. The molecule has 1 atom stereocenters. The second-order valence-corrected chi connectivity index (χ2v) is 5.67. The Balaban J connectivity index is 1.79. The fourth-order valence-corrected chi connectivity index (χ4v) is 2.47. The summed E-state index contributed by atoms with van der Waals surface area (Å²) < 4.78 is 23.8. The Hall–Kier alpha value is -2.19. The van der Waals surface area contributed by atoms with E-state index in [1.807, 2.05) is 0 Å². The minimum Gasteiger partial charge on any atom is -0.484 e. The van der Waals surface area contributed by atoms with Crippen LogP contribution in [0.25, 0.3) is 0 Å². The number of hydrogen-bond acceptors (Lipinski definition) is 5. The maximum Gasteiger partial charge on any atom is 0.317 e. The molecule has 0 aliphatic carbocycles. The van der Waals surface area contributed by atoms with Gasteiger partial charge in [-0.2, -0.15) is 0 Å². The normalized spacial score (nSPS) is 17.8. The van der Waals surface area contributed by atoms with Gasteiger partial charge >= 0.3 is 5.97 Å². The molecule has 0 radical (unpaired) electrons. The highest BCUT2D eigenvalue weighted by atomic mass is 19.1. The molecule has 8 heteroatoms. The van der Waals surface area contributed by atoms with Crippen LogP contribution in [-0.2, 0) is 14.3 Å². The van der Waals surface area contributed by atoms with Crippen LogP contribution in [0.2, 0.25) is 0 Å². The SMILES string of the molecule is CN(CC(=O)O)CC1CN(C(=O)COc2ccc(F)cc2)CCO1. The first kappa shape index (κ1) is 18.2. The summed E-state index contributed by atoms with van der Waals surface area (Å²) in [5.41, 5.74) is 0. The fourth-order valence-electron chi connectivity index (χ4n) is 2.47. The molecule has 1 amide bonds. The maximum atomic E-state index is 12.8. The van der Waals surface area contributed by atoms with E-state index in [0.717, 1.165) is 0 Å². The predicted molar refractivity (Wildman–Crippen MR) is 83.3 cm³/mol. The predicted octanol–water partition coefficient (Wildman–Crippen LogP) is 0.448. The van der Waals surface area contributed by atoms with Crippen molar-refractivity contribution < 1.29 is 28.6 Å². The number of benzene rings is 1. The second-order valence-electron chi connectivity index (χ2n) is 5.67. The Morgan fingerprint density at radius 3 is 2.79 bits per heavy atom. The Bertz CT molecular complexity index is 566. The number of nitrogens with zero attached hydrogens (tertiary/aromatic N) is 2. The molecule has 0 saturated carbocycles. The zero-order chi connectivity index (χ0) is 17.5. The van der Waals surface area contributed by atoms with Gasteiger partial charge < -0.3 is 19.5 Å². The summed E-state index contributed by atoms with van der Waals surface area (Å²) in [6.07, 6.45) is -0.238. The number of aliphatic carboxylic acids is 1. The molecule has 1 aliphatic rings. The van der Waals surface area contributed by atoms with Crippen molar-refractivity contribution in [2.75, 3.05) is 46.4 Å². The van der Waals surface area contributed by atoms with Crippen molar-refractivity contribution in [2.45, 2.75) is 6.10 Å². The molecular formula is C16H21FN2O5. The molecule has 1 unspecified atom stereocenters. The van der Waals surface area contributed by atoms with Crippen molar-refractivity contribution >= 4 is 11.9 Å². The van der Waals surface area contributed by atoms with Crippen molar-refractivity contribution in [3.8, 4) is 5.75 Å². The fraction of sp³-hybridized carbons (Fsp3) is 0.500. The number of amides is 1. The van der Waals surface area contributed by atoms with Crippen LogP contribution in [0, 0.1) is 5.82 Å². The zero-order valence-corrected chi connectivity index (χ0v) is 13.5. The van der Waals surface area contributed by atoms with Crippen molar-refractivity contribution in [2.24, 2.45) is 0 Å². The lowest BCUT2D eigenvalue weighted by Crippen LogP contribution is -2.50. The first-order valence-electron chi connectivity index (χ1n) is 7.62. The Morgan fingerprint density at radius 1 is 1.42 bits per heavy atom. The molecule has 1 heterocycles. The van der Waals surface area contributed by atoms with Gasteiger partial charge in [0.1, 0.15) is 11.6 Å². The highest BCUT2D eigenvalue weighted by Gasteiger charge is 2.25. The molecule has 1 fully saturated rings. The number of carboxylic acid groups (broad SMARTS) is 1. The molecule has 0 aromatic heterocycles. The quantitative estimate of drug-likeness (QED) is 0.776. The lowest BCUT2D eigenvalue weighted by molar-refractivity contribution is -0.143. The standard InChI is InChI=1S/C16H21FN2O5/c1-18(10-16(21)22)8-14-9-19(6-7-23-14)15(20)11-24-13-4-2-12(17)3-5-13/h2-5,14H,6-11H2,1H3,(H,21,22). The smallest absolute Gasteiger partial charge is 0.317 e. The molecule has 24 heavy (non-hydrogen) atoms. The minimum atomic E-state index is -0.908. The van der Waals surface area contributed by atoms with Gasteiger partial charge in [-0.25, -0.2) is 4.39 Å². The van der Waals surface area contributed by atoms with Gasteiger partial charge in [-0.05, 0) is 31.3 Å². The first-order valence-corrected chi connectivity index (χ1v) is 7.62. The van der Waals surface area contributed by atoms with Gasteiger partial charge in [-0.1, -0.05) is 0 Å². The van der Waals surface area contributed by atoms with E-state index in [4.69, 9.17) is 14.6 Å². The van der Waals surface area contributed by atoms with Gasteiger partial charge in [0.25, 0.3) is 5.91 Å². The number of carboxylic acids is 1. The molecule has 1 aliphatic heterocycles. The molecular weight excluding hydrogens is 319 g/mol. The topological polar surface area (TPSA) is 79.3 Å². The lowest BCUT2D eigenvalue weighted by atomic mass is 10.2. The summed E-state index contributed by atoms with van der Waals surface area (Å²) in [4.78, 5) is 26.2. The van der Waals surface area contributed by atoms with Crippen LogP contribution in [0.3, 0.4) is 0 Å². The number of carbonyl (C=O) groups is 2. The van der Waals surface area contributed by atoms with Crippen molar-refractivity contribution in [3.63, 3.8) is 0 Å². The number of ether oxygens (including phenoxy) is 2. The number of rotatable bonds is 7. The van der Waals surface area contributed by atoms with Gasteiger partial charge in [-0.3, -0.25) is 14.5 Å². The molecule has 1 aromatic carbocycles. The zero-order valence-electron chi connectivity index (χ0n) is 13.5. The Morgan fingerprint density at radius 2 is 2.12 bits per heavy atom. The van der Waals surface area contributed by atoms with Crippen LogP contribution in [0.5, 0.6) is 5.75 Å². The molecule has 2 rings (SSSR count). The van der Waals surface area contributed by atoms with Crippen LogP contribution >= 0.6 is 0 Å². The van der Waals surface area contributed by atoms with E-state index < -0.39 is 5.97 Å². The van der Waals surface area contributed by atoms with E-state index >= 15 is 0 Å². The van der Waals surface area contributed by atoms with Crippen LogP contribution < -0.4 is 4.74 Å². The molecule has 0 spiro atoms. The number of morpholine rings is 1. The average Bonchev–Trinajstić information content (AvgIpc) is 2.53. The van der Waals surface area contributed by atoms with E-state index in [1.165, 1.54) is 24.3 Å². The Kier molecular flexibility index (Phi) is 6.51. The third kappa shape index (κ3) is 5.78. The summed E-state index contributed by atoms with van der Waals surface area (Å²) in [6, 6.07) is 5.46. The van der Waals surface area contributed by atoms with E-state index in [2.05, 4.69) is 0 Å². The van der Waals surface area contributed by atoms with Crippen molar-refractivity contribution in [3.05, 3.63) is 30.1 Å². The van der Waals surface area contributed by atoms with Crippen molar-refractivity contribution in [1.29, 1.82) is 0 Å². The van der Waals surface area contributed by atoms with E-state index in [0.29, 0.717) is 32.0 Å². The largest absolute Gasteiger partial charge is 0.484 e. The van der Waals surface area contributed by atoms with E-state index in [9.17, 15) is 14.0 Å².